The number of hydrogen-bond donors (Lipinski definition) is 1. The Morgan fingerprint density at radius 1 is 1.25 bits per heavy atom. The highest BCUT2D eigenvalue weighted by Gasteiger charge is 2.05. The minimum atomic E-state index is -0.390. The summed E-state index contributed by atoms with van der Waals surface area (Å²) in [6, 6.07) is 12.5. The molecule has 0 aliphatic carbocycles. The lowest BCUT2D eigenvalue weighted by Crippen LogP contribution is -2.24. The quantitative estimate of drug-likeness (QED) is 0.553. The number of carbonyl (C=O) groups excluding carboxylic acids is 1. The van der Waals surface area contributed by atoms with Crippen LogP contribution < -0.4 is 14.9 Å². The van der Waals surface area contributed by atoms with Crippen LogP contribution in [-0.2, 0) is 4.79 Å². The van der Waals surface area contributed by atoms with E-state index in [2.05, 4.69) is 26.5 Å². The highest BCUT2D eigenvalue weighted by molar-refractivity contribution is 9.10. The molecule has 2 aromatic rings. The fourth-order valence-electron chi connectivity index (χ4n) is 1.82. The minimum Gasteiger partial charge on any atom is -0.493 e. The molecule has 0 saturated carbocycles. The van der Waals surface area contributed by atoms with Gasteiger partial charge in [-0.15, -0.1) is 0 Å². The third kappa shape index (κ3) is 5.54. The van der Waals surface area contributed by atoms with E-state index in [-0.39, 0.29) is 12.5 Å². The Bertz CT molecular complexity index is 738. The fourth-order valence-corrected chi connectivity index (χ4v) is 2.39. The lowest BCUT2D eigenvalue weighted by Gasteiger charge is -2.08. The molecule has 1 N–H and O–H groups in total. The highest BCUT2D eigenvalue weighted by atomic mass is 79.9. The first-order valence-electron chi connectivity index (χ1n) is 7.21. The van der Waals surface area contributed by atoms with Crippen LogP contribution in [0.2, 0.25) is 5.02 Å². The molecule has 2 aromatic carbocycles. The predicted octanol–water partition coefficient (Wildman–Crippen LogP) is 4.03. The summed E-state index contributed by atoms with van der Waals surface area (Å²) in [5.41, 5.74) is 3.15. The van der Waals surface area contributed by atoms with Crippen molar-refractivity contribution in [3.63, 3.8) is 0 Å². The number of carbonyl (C=O) groups is 1. The fraction of sp³-hybridized carbons (Fsp3) is 0.176. The molecule has 24 heavy (non-hydrogen) atoms. The van der Waals surface area contributed by atoms with Gasteiger partial charge in [0.2, 0.25) is 0 Å². The maximum Gasteiger partial charge on any atom is 0.277 e. The van der Waals surface area contributed by atoms with Gasteiger partial charge >= 0.3 is 0 Å². The number of halogens is 2. The maximum atomic E-state index is 11.8. The summed E-state index contributed by atoms with van der Waals surface area (Å²) in [6.45, 7) is 2.26. The molecule has 1 amide bonds. The third-order valence-electron chi connectivity index (χ3n) is 2.86. The van der Waals surface area contributed by atoms with Gasteiger partial charge in [0.05, 0.1) is 17.8 Å². The van der Waals surface area contributed by atoms with Crippen LogP contribution in [-0.4, -0.2) is 25.3 Å². The second kappa shape index (κ2) is 9.30. The molecule has 126 valence electrons. The number of ether oxygens (including phenoxy) is 2. The van der Waals surface area contributed by atoms with Crippen molar-refractivity contribution in [2.45, 2.75) is 6.92 Å². The Balaban J connectivity index is 1.90. The Morgan fingerprint density at radius 2 is 2.04 bits per heavy atom. The third-order valence-corrected chi connectivity index (χ3v) is 3.67. The Labute approximate surface area is 153 Å². The summed E-state index contributed by atoms with van der Waals surface area (Å²) in [4.78, 5) is 11.8. The highest BCUT2D eigenvalue weighted by Crippen LogP contribution is 2.23. The van der Waals surface area contributed by atoms with Crippen molar-refractivity contribution in [1.29, 1.82) is 0 Å². The molecule has 0 aromatic heterocycles. The number of hydrogen-bond acceptors (Lipinski definition) is 4. The van der Waals surface area contributed by atoms with Crippen molar-refractivity contribution in [2.75, 3.05) is 13.2 Å². The minimum absolute atomic E-state index is 0.183. The second-order valence-corrected chi connectivity index (χ2v) is 5.95. The van der Waals surface area contributed by atoms with Gasteiger partial charge in [-0.1, -0.05) is 39.7 Å². The van der Waals surface area contributed by atoms with E-state index in [1.807, 2.05) is 25.1 Å². The van der Waals surface area contributed by atoms with Crippen LogP contribution in [0, 0.1) is 0 Å². The molecule has 0 atom stereocenters. The first kappa shape index (κ1) is 18.3. The number of benzene rings is 2. The number of amides is 1. The average Bonchev–Trinajstić information content (AvgIpc) is 2.56. The zero-order valence-electron chi connectivity index (χ0n) is 13.0. The standard InChI is InChI=1S/C17H16BrClN2O3/c1-2-23-15-8-7-13(18)9-12(15)10-20-21-17(22)11-24-16-6-4-3-5-14(16)19/h3-10H,2,11H2,1H3,(H,21,22)/b20-10+. The van der Waals surface area contributed by atoms with E-state index < -0.39 is 0 Å². The maximum absolute atomic E-state index is 11.8. The van der Waals surface area contributed by atoms with Gasteiger partial charge in [-0.05, 0) is 37.3 Å². The SMILES string of the molecule is CCOc1ccc(Br)cc1/C=N/NC(=O)COc1ccccc1Cl. The van der Waals surface area contributed by atoms with Gasteiger partial charge < -0.3 is 9.47 Å². The number of hydrazone groups is 1. The average molecular weight is 412 g/mol. The molecule has 0 unspecified atom stereocenters. The molecule has 0 heterocycles. The molecule has 0 aliphatic heterocycles. The van der Waals surface area contributed by atoms with Crippen molar-refractivity contribution >= 4 is 39.7 Å². The molecule has 0 spiro atoms. The van der Waals surface area contributed by atoms with E-state index in [1.54, 1.807) is 24.3 Å². The first-order valence-corrected chi connectivity index (χ1v) is 8.39. The van der Waals surface area contributed by atoms with Gasteiger partial charge in [-0.3, -0.25) is 4.79 Å². The number of para-hydroxylation sites is 1. The monoisotopic (exact) mass is 410 g/mol. The van der Waals surface area contributed by atoms with E-state index in [0.29, 0.717) is 23.1 Å². The van der Waals surface area contributed by atoms with Crippen LogP contribution in [0.4, 0.5) is 0 Å². The Morgan fingerprint density at radius 3 is 2.79 bits per heavy atom. The van der Waals surface area contributed by atoms with Crippen molar-refractivity contribution in [1.82, 2.24) is 5.43 Å². The zero-order valence-corrected chi connectivity index (χ0v) is 15.3. The van der Waals surface area contributed by atoms with Crippen molar-refractivity contribution in [3.8, 4) is 11.5 Å². The smallest absolute Gasteiger partial charge is 0.277 e. The topological polar surface area (TPSA) is 59.9 Å². The molecule has 7 heteroatoms. The van der Waals surface area contributed by atoms with Gasteiger partial charge in [0.25, 0.3) is 5.91 Å². The first-order chi connectivity index (χ1) is 11.6. The van der Waals surface area contributed by atoms with Crippen LogP contribution in [0.3, 0.4) is 0 Å². The zero-order chi connectivity index (χ0) is 17.4. The van der Waals surface area contributed by atoms with Crippen molar-refractivity contribution in [2.24, 2.45) is 5.10 Å². The van der Waals surface area contributed by atoms with E-state index in [1.165, 1.54) is 6.21 Å². The molecule has 5 nitrogen and oxygen atoms in total. The summed E-state index contributed by atoms with van der Waals surface area (Å²) in [5.74, 6) is 0.745. The summed E-state index contributed by atoms with van der Waals surface area (Å²) >= 11 is 9.34. The van der Waals surface area contributed by atoms with Crippen LogP contribution in [0.25, 0.3) is 0 Å². The molecule has 0 radical (unpaired) electrons. The second-order valence-electron chi connectivity index (χ2n) is 4.63. The van der Waals surface area contributed by atoms with Crippen molar-refractivity contribution < 1.29 is 14.3 Å². The normalized spacial score (nSPS) is 10.6. The van der Waals surface area contributed by atoms with Crippen LogP contribution in [0.1, 0.15) is 12.5 Å². The van der Waals surface area contributed by atoms with E-state index in [9.17, 15) is 4.79 Å². The van der Waals surface area contributed by atoms with Gasteiger partial charge in [-0.2, -0.15) is 5.10 Å². The number of nitrogens with zero attached hydrogens (tertiary/aromatic N) is 1. The summed E-state index contributed by atoms with van der Waals surface area (Å²) in [6.07, 6.45) is 1.52. The number of rotatable bonds is 7. The Kier molecular flexibility index (Phi) is 7.08. The molecule has 0 aliphatic rings. The largest absolute Gasteiger partial charge is 0.493 e. The number of nitrogens with one attached hydrogen (secondary N) is 1. The lowest BCUT2D eigenvalue weighted by molar-refractivity contribution is -0.123. The van der Waals surface area contributed by atoms with Crippen LogP contribution in [0.5, 0.6) is 11.5 Å². The van der Waals surface area contributed by atoms with Crippen LogP contribution in [0.15, 0.2) is 52.0 Å². The van der Waals surface area contributed by atoms with E-state index >= 15 is 0 Å². The van der Waals surface area contributed by atoms with Gasteiger partial charge in [0.1, 0.15) is 11.5 Å². The van der Waals surface area contributed by atoms with E-state index in [0.717, 1.165) is 10.0 Å². The van der Waals surface area contributed by atoms with E-state index in [4.69, 9.17) is 21.1 Å². The molecule has 2 rings (SSSR count). The van der Waals surface area contributed by atoms with Crippen molar-refractivity contribution in [3.05, 3.63) is 57.5 Å². The van der Waals surface area contributed by atoms with Crippen LogP contribution >= 0.6 is 27.5 Å². The molecular weight excluding hydrogens is 396 g/mol. The summed E-state index contributed by atoms with van der Waals surface area (Å²) in [5, 5.41) is 4.37. The van der Waals surface area contributed by atoms with Gasteiger partial charge in [0, 0.05) is 10.0 Å². The molecule has 0 saturated heterocycles. The molecular formula is C17H16BrClN2O3. The summed E-state index contributed by atoms with van der Waals surface area (Å²) < 4.78 is 11.7. The van der Waals surface area contributed by atoms with Gasteiger partial charge in [-0.25, -0.2) is 5.43 Å². The summed E-state index contributed by atoms with van der Waals surface area (Å²) in [7, 11) is 0. The predicted molar refractivity (Wildman–Crippen MR) is 98.0 cm³/mol. The Hall–Kier alpha value is -2.05. The molecule has 0 bridgehead atoms. The van der Waals surface area contributed by atoms with Gasteiger partial charge in [0.15, 0.2) is 6.61 Å². The lowest BCUT2D eigenvalue weighted by atomic mass is 10.2. The molecule has 0 fully saturated rings.